The van der Waals surface area contributed by atoms with Crippen LogP contribution in [0.15, 0.2) is 40.2 Å². The molecule has 1 unspecified atom stereocenters. The normalized spacial score (nSPS) is 12.1. The minimum absolute atomic E-state index is 0.564. The summed E-state index contributed by atoms with van der Waals surface area (Å²) in [7, 11) is 0. The number of nitrogens with one attached hydrogen (secondary N) is 1. The van der Waals surface area contributed by atoms with Gasteiger partial charge in [0.15, 0.2) is 6.04 Å². The van der Waals surface area contributed by atoms with E-state index < -0.39 is 12.0 Å². The maximum Gasteiger partial charge on any atom is 0.331 e. The van der Waals surface area contributed by atoms with Gasteiger partial charge in [-0.15, -0.1) is 11.3 Å². The number of hydrogen-bond acceptors (Lipinski definition) is 3. The topological polar surface area (TPSA) is 49.3 Å². The molecule has 2 aromatic rings. The highest BCUT2D eigenvalue weighted by atomic mass is 79.9. The lowest BCUT2D eigenvalue weighted by molar-refractivity contribution is -0.138. The molecule has 0 saturated heterocycles. The van der Waals surface area contributed by atoms with Gasteiger partial charge in [-0.2, -0.15) is 0 Å². The van der Waals surface area contributed by atoms with Crippen LogP contribution in [0.1, 0.15) is 10.9 Å². The van der Waals surface area contributed by atoms with Crippen LogP contribution in [0, 0.1) is 0 Å². The van der Waals surface area contributed by atoms with E-state index in [1.165, 1.54) is 11.3 Å². The highest BCUT2D eigenvalue weighted by Gasteiger charge is 2.23. The van der Waals surface area contributed by atoms with Crippen LogP contribution >= 0.6 is 38.9 Å². The second-order valence-electron chi connectivity index (χ2n) is 3.56. The van der Waals surface area contributed by atoms with Gasteiger partial charge in [-0.1, -0.05) is 17.7 Å². The number of hydrogen-bond donors (Lipinski definition) is 2. The Morgan fingerprint density at radius 3 is 2.78 bits per heavy atom. The molecule has 1 heterocycles. The van der Waals surface area contributed by atoms with Crippen molar-refractivity contribution in [2.24, 2.45) is 0 Å². The van der Waals surface area contributed by atoms with Crippen molar-refractivity contribution in [3.63, 3.8) is 0 Å². The molecule has 94 valence electrons. The van der Waals surface area contributed by atoms with Crippen molar-refractivity contribution in [1.29, 1.82) is 0 Å². The van der Waals surface area contributed by atoms with Gasteiger partial charge in [0, 0.05) is 15.2 Å². The Bertz CT molecular complexity index is 573. The van der Waals surface area contributed by atoms with E-state index in [0.29, 0.717) is 10.7 Å². The number of carbonyl (C=O) groups is 1. The van der Waals surface area contributed by atoms with Crippen molar-refractivity contribution in [2.45, 2.75) is 6.04 Å². The van der Waals surface area contributed by atoms with E-state index >= 15 is 0 Å². The lowest BCUT2D eigenvalue weighted by Crippen LogP contribution is -2.19. The van der Waals surface area contributed by atoms with Crippen LogP contribution in [-0.4, -0.2) is 11.1 Å². The van der Waals surface area contributed by atoms with E-state index in [1.54, 1.807) is 24.3 Å². The van der Waals surface area contributed by atoms with Gasteiger partial charge in [0.25, 0.3) is 0 Å². The fourth-order valence-electron chi connectivity index (χ4n) is 1.50. The van der Waals surface area contributed by atoms with Crippen LogP contribution in [0.25, 0.3) is 0 Å². The average Bonchev–Trinajstić information content (AvgIpc) is 2.72. The number of halogens is 2. The van der Waals surface area contributed by atoms with Gasteiger partial charge < -0.3 is 10.4 Å². The molecule has 6 heteroatoms. The number of rotatable bonds is 4. The molecule has 2 N–H and O–H groups in total. The third-order valence-electron chi connectivity index (χ3n) is 2.29. The maximum absolute atomic E-state index is 11.3. The summed E-state index contributed by atoms with van der Waals surface area (Å²) in [4.78, 5) is 12.1. The van der Waals surface area contributed by atoms with E-state index in [0.717, 1.165) is 9.35 Å². The lowest BCUT2D eigenvalue weighted by Gasteiger charge is -2.15. The molecule has 0 aliphatic rings. The Kier molecular flexibility index (Phi) is 4.27. The average molecular weight is 347 g/mol. The van der Waals surface area contributed by atoms with Gasteiger partial charge in [0.2, 0.25) is 0 Å². The van der Waals surface area contributed by atoms with Crippen LogP contribution in [-0.2, 0) is 4.79 Å². The minimum Gasteiger partial charge on any atom is -0.479 e. The monoisotopic (exact) mass is 345 g/mol. The van der Waals surface area contributed by atoms with Crippen LogP contribution in [0.5, 0.6) is 0 Å². The van der Waals surface area contributed by atoms with Crippen molar-refractivity contribution >= 4 is 50.5 Å². The summed E-state index contributed by atoms with van der Waals surface area (Å²) in [6.45, 7) is 0. The molecule has 18 heavy (non-hydrogen) atoms. The fourth-order valence-corrected chi connectivity index (χ4v) is 3.33. The number of thiophene rings is 1. The predicted octanol–water partition coefficient (Wildman–Crippen LogP) is 4.40. The van der Waals surface area contributed by atoms with E-state index in [-0.39, 0.29) is 0 Å². The summed E-state index contributed by atoms with van der Waals surface area (Å²) in [5, 5.41) is 14.7. The van der Waals surface area contributed by atoms with E-state index in [2.05, 4.69) is 21.2 Å². The molecule has 0 spiro atoms. The highest BCUT2D eigenvalue weighted by Crippen LogP contribution is 2.32. The number of benzene rings is 1. The summed E-state index contributed by atoms with van der Waals surface area (Å²) in [6, 6.07) is 8.02. The predicted molar refractivity (Wildman–Crippen MR) is 77.5 cm³/mol. The Morgan fingerprint density at radius 2 is 2.22 bits per heavy atom. The fraction of sp³-hybridized carbons (Fsp3) is 0.0833. The number of aliphatic carboxylic acids is 1. The third kappa shape index (κ3) is 3.04. The van der Waals surface area contributed by atoms with Gasteiger partial charge in [-0.05, 0) is 45.6 Å². The van der Waals surface area contributed by atoms with Crippen LogP contribution in [0.3, 0.4) is 0 Å². The molecule has 0 amide bonds. The summed E-state index contributed by atoms with van der Waals surface area (Å²) < 4.78 is 0.787. The zero-order chi connectivity index (χ0) is 13.1. The van der Waals surface area contributed by atoms with Crippen LogP contribution in [0.2, 0.25) is 5.02 Å². The summed E-state index contributed by atoms with van der Waals surface area (Å²) >= 11 is 10.6. The molecule has 0 radical (unpaired) electrons. The van der Waals surface area contributed by atoms with Crippen molar-refractivity contribution in [1.82, 2.24) is 0 Å². The molecule has 0 aliphatic carbocycles. The molecular weight excluding hydrogens is 338 g/mol. The molecule has 0 bridgehead atoms. The minimum atomic E-state index is -0.932. The smallest absolute Gasteiger partial charge is 0.331 e. The Morgan fingerprint density at radius 1 is 1.44 bits per heavy atom. The number of carboxylic acids is 1. The zero-order valence-electron chi connectivity index (χ0n) is 9.06. The Hall–Kier alpha value is -1.04. The first-order valence-electron chi connectivity index (χ1n) is 5.05. The molecular formula is C12H9BrClNO2S. The first kappa shape index (κ1) is 13.4. The largest absolute Gasteiger partial charge is 0.479 e. The molecule has 1 aromatic heterocycles. The van der Waals surface area contributed by atoms with Crippen molar-refractivity contribution in [2.75, 3.05) is 5.32 Å². The third-order valence-corrected chi connectivity index (χ3v) is 4.46. The quantitative estimate of drug-likeness (QED) is 0.862. The first-order valence-corrected chi connectivity index (χ1v) is 7.11. The highest BCUT2D eigenvalue weighted by molar-refractivity contribution is 9.10. The second kappa shape index (κ2) is 5.73. The van der Waals surface area contributed by atoms with Crippen molar-refractivity contribution in [3.8, 4) is 0 Å². The van der Waals surface area contributed by atoms with Gasteiger partial charge in [0.1, 0.15) is 0 Å². The van der Waals surface area contributed by atoms with Crippen LogP contribution in [0.4, 0.5) is 5.69 Å². The lowest BCUT2D eigenvalue weighted by atomic mass is 10.2. The number of carboxylic acid groups (broad SMARTS) is 1. The summed E-state index contributed by atoms with van der Waals surface area (Å²) in [5.41, 5.74) is 0.676. The molecule has 0 saturated carbocycles. The van der Waals surface area contributed by atoms with Gasteiger partial charge in [-0.3, -0.25) is 0 Å². The first-order chi connectivity index (χ1) is 8.58. The SMILES string of the molecule is O=C(O)C(Nc1cccc(Cl)c1)c1sccc1Br. The van der Waals surface area contributed by atoms with E-state index in [4.69, 9.17) is 11.6 Å². The summed E-state index contributed by atoms with van der Waals surface area (Å²) in [6.07, 6.45) is 0. The molecule has 1 aromatic carbocycles. The standard InChI is InChI=1S/C12H9BrClNO2S/c13-9-4-5-18-11(9)10(12(16)17)15-8-3-1-2-7(14)6-8/h1-6,10,15H,(H,16,17). The molecule has 0 fully saturated rings. The van der Waals surface area contributed by atoms with Crippen LogP contribution < -0.4 is 5.32 Å². The summed E-state index contributed by atoms with van der Waals surface area (Å²) in [5.74, 6) is -0.932. The second-order valence-corrected chi connectivity index (χ2v) is 5.80. The van der Waals surface area contributed by atoms with Gasteiger partial charge in [-0.25, -0.2) is 4.79 Å². The zero-order valence-corrected chi connectivity index (χ0v) is 12.2. The Labute approximate surface area is 122 Å². The van der Waals surface area contributed by atoms with Gasteiger partial charge >= 0.3 is 5.97 Å². The molecule has 1 atom stereocenters. The maximum atomic E-state index is 11.3. The number of anilines is 1. The molecule has 2 rings (SSSR count). The van der Waals surface area contributed by atoms with Crippen molar-refractivity contribution in [3.05, 3.63) is 50.1 Å². The van der Waals surface area contributed by atoms with Gasteiger partial charge in [0.05, 0.1) is 4.88 Å². The molecule has 3 nitrogen and oxygen atoms in total. The van der Waals surface area contributed by atoms with Crippen molar-refractivity contribution < 1.29 is 9.90 Å². The van der Waals surface area contributed by atoms with E-state index in [9.17, 15) is 9.90 Å². The molecule has 0 aliphatic heterocycles. The Balaban J connectivity index is 2.28. The van der Waals surface area contributed by atoms with E-state index in [1.807, 2.05) is 11.4 Å².